The molecule has 0 aliphatic rings. The van der Waals surface area contributed by atoms with Crippen LogP contribution >= 0.6 is 0 Å². The van der Waals surface area contributed by atoms with Gasteiger partial charge in [-0.1, -0.05) is 48.9 Å². The fourth-order valence-corrected chi connectivity index (χ4v) is 2.22. The van der Waals surface area contributed by atoms with Gasteiger partial charge in [-0.25, -0.2) is 4.39 Å². The zero-order valence-corrected chi connectivity index (χ0v) is 12.8. The number of ether oxygens (including phenoxy) is 1. The van der Waals surface area contributed by atoms with E-state index in [1.54, 1.807) is 25.1 Å². The highest BCUT2D eigenvalue weighted by Crippen LogP contribution is 2.28. The quantitative estimate of drug-likeness (QED) is 0.890. The molecule has 2 aromatic rings. The van der Waals surface area contributed by atoms with Crippen LogP contribution < -0.4 is 10.5 Å². The summed E-state index contributed by atoms with van der Waals surface area (Å²) < 4.78 is 20.0. The topological polar surface area (TPSA) is 35.2 Å². The van der Waals surface area contributed by atoms with E-state index in [1.807, 2.05) is 38.1 Å². The molecule has 0 amide bonds. The second-order valence-corrected chi connectivity index (χ2v) is 5.41. The van der Waals surface area contributed by atoms with Gasteiger partial charge in [0.1, 0.15) is 6.10 Å². The van der Waals surface area contributed by atoms with Crippen LogP contribution in [0.4, 0.5) is 4.39 Å². The lowest BCUT2D eigenvalue weighted by Crippen LogP contribution is -2.31. The first kappa shape index (κ1) is 15.5. The molecule has 2 unspecified atom stereocenters. The first-order chi connectivity index (χ1) is 10.0. The summed E-state index contributed by atoms with van der Waals surface area (Å²) in [5.41, 5.74) is 8.88. The Hall–Kier alpha value is -1.87. The summed E-state index contributed by atoms with van der Waals surface area (Å²) in [7, 11) is 0. The molecule has 112 valence electrons. The Labute approximate surface area is 125 Å². The van der Waals surface area contributed by atoms with Gasteiger partial charge in [-0.2, -0.15) is 0 Å². The monoisotopic (exact) mass is 287 g/mol. The van der Waals surface area contributed by atoms with Crippen molar-refractivity contribution in [1.82, 2.24) is 0 Å². The maximum absolute atomic E-state index is 14.1. The van der Waals surface area contributed by atoms with E-state index in [9.17, 15) is 4.39 Å². The van der Waals surface area contributed by atoms with Gasteiger partial charge in [-0.3, -0.25) is 0 Å². The number of hydrogen-bond donors (Lipinski definition) is 1. The van der Waals surface area contributed by atoms with Crippen LogP contribution in [0.5, 0.6) is 5.75 Å². The van der Waals surface area contributed by atoms with Crippen molar-refractivity contribution in [2.45, 2.75) is 39.3 Å². The first-order valence-electron chi connectivity index (χ1n) is 7.26. The van der Waals surface area contributed by atoms with Gasteiger partial charge < -0.3 is 10.5 Å². The zero-order chi connectivity index (χ0) is 15.4. The molecule has 0 aliphatic carbocycles. The van der Waals surface area contributed by atoms with E-state index in [2.05, 4.69) is 0 Å². The summed E-state index contributed by atoms with van der Waals surface area (Å²) in [6, 6.07) is 13.0. The molecule has 0 radical (unpaired) electrons. The molecule has 0 aromatic heterocycles. The van der Waals surface area contributed by atoms with Gasteiger partial charge in [0.2, 0.25) is 0 Å². The highest BCUT2D eigenvalue weighted by atomic mass is 19.1. The summed E-state index contributed by atoms with van der Waals surface area (Å²) >= 11 is 0. The predicted octanol–water partition coefficient (Wildman–Crippen LogP) is 4.30. The third-order valence-electron chi connectivity index (χ3n) is 3.68. The lowest BCUT2D eigenvalue weighted by molar-refractivity contribution is 0.163. The molecular weight excluding hydrogens is 265 g/mol. The smallest absolute Gasteiger partial charge is 0.167 e. The first-order valence-corrected chi connectivity index (χ1v) is 7.26. The summed E-state index contributed by atoms with van der Waals surface area (Å²) in [5, 5.41) is 0. The fraction of sp³-hybridized carbons (Fsp3) is 0.333. The third-order valence-corrected chi connectivity index (χ3v) is 3.68. The lowest BCUT2D eigenvalue weighted by atomic mass is 9.99. The summed E-state index contributed by atoms with van der Waals surface area (Å²) in [5.74, 6) is -0.0672. The maximum atomic E-state index is 14.1. The van der Waals surface area contributed by atoms with E-state index in [0.29, 0.717) is 5.56 Å². The molecule has 2 nitrogen and oxygen atoms in total. The minimum absolute atomic E-state index is 0.187. The highest BCUT2D eigenvalue weighted by Gasteiger charge is 2.22. The number of halogens is 1. The number of aryl methyl sites for hydroxylation is 2. The molecule has 0 aliphatic heterocycles. The lowest BCUT2D eigenvalue weighted by Gasteiger charge is -2.25. The van der Waals surface area contributed by atoms with Crippen LogP contribution in [0.25, 0.3) is 0 Å². The van der Waals surface area contributed by atoms with Crippen LogP contribution in [0.2, 0.25) is 0 Å². The Balaban J connectivity index is 2.33. The molecule has 0 saturated heterocycles. The average Bonchev–Trinajstić information content (AvgIpc) is 2.49. The normalized spacial score (nSPS) is 13.8. The Morgan fingerprint density at radius 2 is 1.76 bits per heavy atom. The second-order valence-electron chi connectivity index (χ2n) is 5.41. The van der Waals surface area contributed by atoms with Gasteiger partial charge in [0, 0.05) is 6.04 Å². The number of hydrogen-bond acceptors (Lipinski definition) is 2. The molecule has 21 heavy (non-hydrogen) atoms. The summed E-state index contributed by atoms with van der Waals surface area (Å²) in [6.07, 6.45) is 0.401. The molecule has 2 aromatic carbocycles. The Morgan fingerprint density at radius 3 is 2.38 bits per heavy atom. The van der Waals surface area contributed by atoms with E-state index in [-0.39, 0.29) is 23.7 Å². The Bertz CT molecular complexity index is 595. The summed E-state index contributed by atoms with van der Waals surface area (Å²) in [4.78, 5) is 0. The van der Waals surface area contributed by atoms with Crippen LogP contribution in [0.3, 0.4) is 0 Å². The third kappa shape index (κ3) is 3.61. The molecular formula is C18H22FNO. The fourth-order valence-electron chi connectivity index (χ4n) is 2.22. The molecule has 0 saturated carbocycles. The Morgan fingerprint density at radius 1 is 1.10 bits per heavy atom. The Kier molecular flexibility index (Phi) is 4.97. The van der Waals surface area contributed by atoms with Gasteiger partial charge in [0.15, 0.2) is 11.6 Å². The maximum Gasteiger partial charge on any atom is 0.167 e. The van der Waals surface area contributed by atoms with Crippen molar-refractivity contribution >= 4 is 0 Å². The molecule has 2 N–H and O–H groups in total. The van der Waals surface area contributed by atoms with Gasteiger partial charge in [0.05, 0.1) is 0 Å². The number of nitrogens with two attached hydrogens (primary N) is 1. The average molecular weight is 287 g/mol. The highest BCUT2D eigenvalue weighted by molar-refractivity contribution is 5.32. The minimum atomic E-state index is -0.355. The van der Waals surface area contributed by atoms with Crippen LogP contribution in [-0.2, 0) is 0 Å². The zero-order valence-electron chi connectivity index (χ0n) is 12.8. The molecule has 0 fully saturated rings. The second kappa shape index (κ2) is 6.72. The van der Waals surface area contributed by atoms with E-state index in [0.717, 1.165) is 12.0 Å². The molecule has 0 bridgehead atoms. The number of rotatable bonds is 5. The number of benzene rings is 2. The molecule has 2 atom stereocenters. The van der Waals surface area contributed by atoms with Crippen LogP contribution in [-0.4, -0.2) is 6.04 Å². The molecule has 0 heterocycles. The molecule has 2 rings (SSSR count). The van der Waals surface area contributed by atoms with Gasteiger partial charge in [-0.15, -0.1) is 0 Å². The molecule has 0 spiro atoms. The standard InChI is InChI=1S/C18H22FNO/c1-4-15(20)18(14-10-8-12(2)9-11-14)21-16-7-5-6-13(3)17(16)19/h5-11,15,18H,4,20H2,1-3H3. The van der Waals surface area contributed by atoms with Crippen molar-refractivity contribution in [3.05, 3.63) is 65.0 Å². The van der Waals surface area contributed by atoms with Gasteiger partial charge in [-0.05, 0) is 37.5 Å². The van der Waals surface area contributed by atoms with E-state index < -0.39 is 0 Å². The SMILES string of the molecule is CCC(N)C(Oc1cccc(C)c1F)c1ccc(C)cc1. The van der Waals surface area contributed by atoms with Crippen LogP contribution in [0.1, 0.15) is 36.1 Å². The van der Waals surface area contributed by atoms with E-state index in [1.165, 1.54) is 5.56 Å². The van der Waals surface area contributed by atoms with E-state index >= 15 is 0 Å². The predicted molar refractivity (Wildman–Crippen MR) is 84.0 cm³/mol. The summed E-state index contributed by atoms with van der Waals surface area (Å²) in [6.45, 7) is 5.75. The van der Waals surface area contributed by atoms with Crippen molar-refractivity contribution in [2.24, 2.45) is 5.73 Å². The van der Waals surface area contributed by atoms with Crippen LogP contribution in [0.15, 0.2) is 42.5 Å². The van der Waals surface area contributed by atoms with Crippen molar-refractivity contribution < 1.29 is 9.13 Å². The van der Waals surface area contributed by atoms with Crippen molar-refractivity contribution in [1.29, 1.82) is 0 Å². The minimum Gasteiger partial charge on any atom is -0.481 e. The van der Waals surface area contributed by atoms with Crippen molar-refractivity contribution in [3.8, 4) is 5.75 Å². The largest absolute Gasteiger partial charge is 0.481 e. The van der Waals surface area contributed by atoms with Crippen LogP contribution in [0, 0.1) is 19.7 Å². The van der Waals surface area contributed by atoms with Crippen molar-refractivity contribution in [3.63, 3.8) is 0 Å². The van der Waals surface area contributed by atoms with E-state index in [4.69, 9.17) is 10.5 Å². The van der Waals surface area contributed by atoms with Crippen molar-refractivity contribution in [2.75, 3.05) is 0 Å². The van der Waals surface area contributed by atoms with Gasteiger partial charge >= 0.3 is 0 Å². The van der Waals surface area contributed by atoms with Gasteiger partial charge in [0.25, 0.3) is 0 Å². The molecule has 3 heteroatoms.